The summed E-state index contributed by atoms with van der Waals surface area (Å²) in [5.41, 5.74) is 2.01. The first-order valence-electron chi connectivity index (χ1n) is 10.7. The van der Waals surface area contributed by atoms with Crippen molar-refractivity contribution in [3.63, 3.8) is 0 Å². The van der Waals surface area contributed by atoms with Gasteiger partial charge < -0.3 is 4.90 Å². The molecule has 0 unspecified atom stereocenters. The van der Waals surface area contributed by atoms with Gasteiger partial charge in [-0.1, -0.05) is 18.2 Å². The van der Waals surface area contributed by atoms with Crippen LogP contribution in [0.25, 0.3) is 6.08 Å². The van der Waals surface area contributed by atoms with Gasteiger partial charge in [0.1, 0.15) is 0 Å². The Balaban J connectivity index is 1.64. The SMILES string of the molecule is CN(C(=O)C=Cc1ccc(S(C)(=O)=O)cc1)c1ccc(S(=O)(=O)N(C)CCc2ccccn2)cc1. The van der Waals surface area contributed by atoms with Crippen LogP contribution in [-0.4, -0.2) is 58.9 Å². The Morgan fingerprint density at radius 3 is 2.09 bits per heavy atom. The fourth-order valence-corrected chi connectivity index (χ4v) is 4.99. The fourth-order valence-electron chi connectivity index (χ4n) is 3.19. The first-order chi connectivity index (χ1) is 16.5. The third-order valence-corrected chi connectivity index (χ3v) is 8.40. The first-order valence-corrected chi connectivity index (χ1v) is 14.0. The van der Waals surface area contributed by atoms with Gasteiger partial charge in [-0.3, -0.25) is 9.78 Å². The summed E-state index contributed by atoms with van der Waals surface area (Å²) in [4.78, 5) is 18.5. The standard InChI is InChI=1S/C25H27N3O5S2/c1-27(19-17-21-6-4-5-18-26-21)35(32,33)24-14-10-22(11-15-24)28(2)25(29)16-9-20-7-12-23(13-8-20)34(3,30)31/h4-16,18H,17,19H2,1-3H3. The Bertz CT molecular complexity index is 1400. The number of aromatic nitrogens is 1. The van der Waals surface area contributed by atoms with E-state index in [1.807, 2.05) is 12.1 Å². The maximum atomic E-state index is 12.9. The van der Waals surface area contributed by atoms with Crippen molar-refractivity contribution in [2.75, 3.05) is 31.8 Å². The van der Waals surface area contributed by atoms with Crippen LogP contribution in [0.3, 0.4) is 0 Å². The van der Waals surface area contributed by atoms with Gasteiger partial charge in [0.25, 0.3) is 5.91 Å². The van der Waals surface area contributed by atoms with Crippen molar-refractivity contribution >= 4 is 37.5 Å². The topological polar surface area (TPSA) is 105 Å². The molecule has 1 amide bonds. The molecule has 0 aliphatic heterocycles. The molecule has 10 heteroatoms. The molecule has 0 saturated carbocycles. The van der Waals surface area contributed by atoms with Crippen molar-refractivity contribution in [1.82, 2.24) is 9.29 Å². The number of hydrogen-bond acceptors (Lipinski definition) is 6. The molecule has 0 aliphatic rings. The molecule has 0 radical (unpaired) electrons. The highest BCUT2D eigenvalue weighted by Crippen LogP contribution is 2.20. The van der Waals surface area contributed by atoms with Crippen LogP contribution in [0.1, 0.15) is 11.3 Å². The van der Waals surface area contributed by atoms with Crippen LogP contribution >= 0.6 is 0 Å². The lowest BCUT2D eigenvalue weighted by Gasteiger charge is -2.19. The number of sulfone groups is 1. The van der Waals surface area contributed by atoms with Crippen LogP contribution in [0.4, 0.5) is 5.69 Å². The molecule has 0 bridgehead atoms. The minimum atomic E-state index is -3.69. The zero-order valence-electron chi connectivity index (χ0n) is 19.7. The van der Waals surface area contributed by atoms with Crippen LogP contribution < -0.4 is 4.90 Å². The minimum Gasteiger partial charge on any atom is -0.312 e. The molecule has 3 aromatic rings. The number of carbonyl (C=O) groups excluding carboxylic acids is 1. The normalized spacial score (nSPS) is 12.2. The van der Waals surface area contributed by atoms with Gasteiger partial charge in [-0.2, -0.15) is 0 Å². The maximum Gasteiger partial charge on any atom is 0.250 e. The fraction of sp³-hybridized carbons (Fsp3) is 0.200. The number of benzene rings is 2. The van der Waals surface area contributed by atoms with Gasteiger partial charge in [-0.25, -0.2) is 21.1 Å². The Hall–Kier alpha value is -3.34. The molecule has 1 heterocycles. The maximum absolute atomic E-state index is 12.9. The van der Waals surface area contributed by atoms with Gasteiger partial charge in [0.15, 0.2) is 9.84 Å². The van der Waals surface area contributed by atoms with Gasteiger partial charge in [0.2, 0.25) is 10.0 Å². The van der Waals surface area contributed by atoms with Crippen molar-refractivity contribution in [3.8, 4) is 0 Å². The van der Waals surface area contributed by atoms with Gasteiger partial charge in [0, 0.05) is 57.0 Å². The Labute approximate surface area is 206 Å². The van der Waals surface area contributed by atoms with E-state index in [0.717, 1.165) is 11.9 Å². The third-order valence-electron chi connectivity index (χ3n) is 5.40. The summed E-state index contributed by atoms with van der Waals surface area (Å²) < 4.78 is 50.2. The molecule has 0 fully saturated rings. The molecule has 8 nitrogen and oxygen atoms in total. The number of rotatable bonds is 9. The predicted molar refractivity (Wildman–Crippen MR) is 136 cm³/mol. The summed E-state index contributed by atoms with van der Waals surface area (Å²) in [6, 6.07) is 17.8. The average Bonchev–Trinajstić information content (AvgIpc) is 2.85. The molecule has 0 atom stereocenters. The van der Waals surface area contributed by atoms with E-state index >= 15 is 0 Å². The monoisotopic (exact) mass is 513 g/mol. The van der Waals surface area contributed by atoms with E-state index < -0.39 is 19.9 Å². The molecule has 0 aliphatic carbocycles. The minimum absolute atomic E-state index is 0.132. The summed E-state index contributed by atoms with van der Waals surface area (Å²) in [6.45, 7) is 0.287. The lowest BCUT2D eigenvalue weighted by atomic mass is 10.2. The largest absolute Gasteiger partial charge is 0.312 e. The zero-order valence-corrected chi connectivity index (χ0v) is 21.3. The van der Waals surface area contributed by atoms with E-state index in [1.54, 1.807) is 49.7 Å². The smallest absolute Gasteiger partial charge is 0.250 e. The second-order valence-corrected chi connectivity index (χ2v) is 12.0. The first kappa shape index (κ1) is 26.3. The third kappa shape index (κ3) is 6.84. The number of likely N-dealkylation sites (N-methyl/N-ethyl adjacent to an activating group) is 2. The summed E-state index contributed by atoms with van der Waals surface area (Å²) in [5.74, 6) is -0.319. The molecule has 0 saturated heterocycles. The molecule has 35 heavy (non-hydrogen) atoms. The predicted octanol–water partition coefficient (Wildman–Crippen LogP) is 3.02. The van der Waals surface area contributed by atoms with Crippen molar-refractivity contribution in [1.29, 1.82) is 0 Å². The number of amides is 1. The molecule has 0 spiro atoms. The summed E-state index contributed by atoms with van der Waals surface area (Å²) in [6.07, 6.45) is 6.25. The Morgan fingerprint density at radius 1 is 0.886 bits per heavy atom. The summed E-state index contributed by atoms with van der Waals surface area (Å²) >= 11 is 0. The number of hydrogen-bond donors (Lipinski definition) is 0. The van der Waals surface area contributed by atoms with Crippen molar-refractivity contribution in [3.05, 3.63) is 90.3 Å². The Kier molecular flexibility index (Phi) is 8.21. The lowest BCUT2D eigenvalue weighted by molar-refractivity contribution is -0.113. The molecule has 1 aromatic heterocycles. The van der Waals surface area contributed by atoms with Gasteiger partial charge in [0.05, 0.1) is 9.79 Å². The Morgan fingerprint density at radius 2 is 1.51 bits per heavy atom. The van der Waals surface area contributed by atoms with Crippen molar-refractivity contribution in [2.24, 2.45) is 0 Å². The van der Waals surface area contributed by atoms with Crippen LogP contribution in [0.15, 0.2) is 88.8 Å². The van der Waals surface area contributed by atoms with Crippen LogP contribution in [-0.2, 0) is 31.1 Å². The average molecular weight is 514 g/mol. The van der Waals surface area contributed by atoms with Gasteiger partial charge >= 0.3 is 0 Å². The number of nitrogens with zero attached hydrogens (tertiary/aromatic N) is 3. The highest BCUT2D eigenvalue weighted by Gasteiger charge is 2.21. The van der Waals surface area contributed by atoms with Crippen molar-refractivity contribution in [2.45, 2.75) is 16.2 Å². The molecule has 0 N–H and O–H groups in total. The van der Waals surface area contributed by atoms with E-state index in [9.17, 15) is 21.6 Å². The number of anilines is 1. The highest BCUT2D eigenvalue weighted by molar-refractivity contribution is 7.90. The summed E-state index contributed by atoms with van der Waals surface area (Å²) in [7, 11) is -3.86. The zero-order chi connectivity index (χ0) is 25.6. The quantitative estimate of drug-likeness (QED) is 0.408. The molecule has 184 valence electrons. The van der Waals surface area contributed by atoms with Crippen LogP contribution in [0.5, 0.6) is 0 Å². The number of carbonyl (C=O) groups is 1. The summed E-state index contributed by atoms with van der Waals surface area (Å²) in [5, 5.41) is 0. The van der Waals surface area contributed by atoms with E-state index in [1.165, 1.54) is 46.6 Å². The van der Waals surface area contributed by atoms with Gasteiger partial charge in [-0.05, 0) is 60.2 Å². The second-order valence-electron chi connectivity index (χ2n) is 7.96. The number of sulfonamides is 1. The molecule has 2 aromatic carbocycles. The number of pyridine rings is 1. The van der Waals surface area contributed by atoms with Crippen LogP contribution in [0.2, 0.25) is 0 Å². The van der Waals surface area contributed by atoms with Crippen LogP contribution in [0, 0.1) is 0 Å². The molecule has 3 rings (SSSR count). The highest BCUT2D eigenvalue weighted by atomic mass is 32.2. The van der Waals surface area contributed by atoms with Crippen molar-refractivity contribution < 1.29 is 21.6 Å². The molecular formula is C25H27N3O5S2. The van der Waals surface area contributed by atoms with Gasteiger partial charge in [-0.15, -0.1) is 0 Å². The lowest BCUT2D eigenvalue weighted by Crippen LogP contribution is -2.29. The van der Waals surface area contributed by atoms with E-state index in [2.05, 4.69) is 4.98 Å². The van der Waals surface area contributed by atoms with E-state index in [4.69, 9.17) is 0 Å². The van der Waals surface area contributed by atoms with E-state index in [0.29, 0.717) is 17.7 Å². The second kappa shape index (κ2) is 10.9. The van der Waals surface area contributed by atoms with E-state index in [-0.39, 0.29) is 22.2 Å². The molecular weight excluding hydrogens is 486 g/mol.